The lowest BCUT2D eigenvalue weighted by Crippen LogP contribution is -2.22. The predicted octanol–water partition coefficient (Wildman–Crippen LogP) is 4.10. The minimum absolute atomic E-state index is 0.105. The molecule has 0 unspecified atom stereocenters. The average Bonchev–Trinajstić information content (AvgIpc) is 3.17. The van der Waals surface area contributed by atoms with Crippen LogP contribution >= 0.6 is 0 Å². The Morgan fingerprint density at radius 1 is 0.857 bits per heavy atom. The maximum atomic E-state index is 13.1. The van der Waals surface area contributed by atoms with Crippen molar-refractivity contribution in [3.05, 3.63) is 114 Å². The van der Waals surface area contributed by atoms with Gasteiger partial charge >= 0.3 is 0 Å². The van der Waals surface area contributed by atoms with E-state index in [0.717, 1.165) is 16.7 Å². The van der Waals surface area contributed by atoms with Crippen molar-refractivity contribution in [3.8, 4) is 0 Å². The molecule has 2 aromatic heterocycles. The molecule has 4 rings (SSSR count). The Kier molecular flexibility index (Phi) is 5.24. The fourth-order valence-electron chi connectivity index (χ4n) is 3.18. The second-order valence-electron chi connectivity index (χ2n) is 6.50. The number of anilines is 1. The van der Waals surface area contributed by atoms with Crippen LogP contribution in [-0.2, 0) is 11.3 Å². The van der Waals surface area contributed by atoms with Gasteiger partial charge in [-0.25, -0.2) is 0 Å². The lowest BCUT2D eigenvalue weighted by molar-refractivity contribution is -0.116. The summed E-state index contributed by atoms with van der Waals surface area (Å²) >= 11 is 0. The molecular weight excluding hydrogens is 348 g/mol. The molecule has 1 N–H and O–H groups in total. The Balaban J connectivity index is 1.54. The zero-order chi connectivity index (χ0) is 19.2. The molecule has 0 spiro atoms. The average molecular weight is 368 g/mol. The van der Waals surface area contributed by atoms with Gasteiger partial charge in [-0.2, -0.15) is 5.10 Å². The van der Waals surface area contributed by atoms with Crippen LogP contribution in [0.2, 0.25) is 0 Å². The maximum absolute atomic E-state index is 13.1. The Morgan fingerprint density at radius 2 is 1.46 bits per heavy atom. The molecular formula is C23H20N4O. The molecule has 0 aliphatic carbocycles. The highest BCUT2D eigenvalue weighted by molar-refractivity contribution is 5.97. The third kappa shape index (κ3) is 4.15. The maximum Gasteiger partial charge on any atom is 0.237 e. The van der Waals surface area contributed by atoms with Gasteiger partial charge in [0.2, 0.25) is 5.91 Å². The SMILES string of the molecule is O=C(Nc1ccn(Cc2ccncc2)n1)C(c1ccccc1)c1ccccc1. The van der Waals surface area contributed by atoms with Crippen LogP contribution in [0, 0.1) is 0 Å². The summed E-state index contributed by atoms with van der Waals surface area (Å²) in [5.74, 6) is 0.0372. The van der Waals surface area contributed by atoms with Crippen LogP contribution in [0.4, 0.5) is 5.82 Å². The number of carbonyl (C=O) groups is 1. The standard InChI is InChI=1S/C23H20N4O/c28-23(22(19-7-3-1-4-8-19)20-9-5-2-6-10-20)25-21-13-16-27(26-21)17-18-11-14-24-15-12-18/h1-16,22H,17H2,(H,25,26,28). The molecule has 0 radical (unpaired) electrons. The van der Waals surface area contributed by atoms with Gasteiger partial charge < -0.3 is 5.32 Å². The van der Waals surface area contributed by atoms with Crippen molar-refractivity contribution in [2.45, 2.75) is 12.5 Å². The molecule has 2 heterocycles. The lowest BCUT2D eigenvalue weighted by Gasteiger charge is -2.17. The lowest BCUT2D eigenvalue weighted by atomic mass is 9.90. The van der Waals surface area contributed by atoms with Crippen LogP contribution < -0.4 is 5.32 Å². The van der Waals surface area contributed by atoms with Crippen LogP contribution in [-0.4, -0.2) is 20.7 Å². The van der Waals surface area contributed by atoms with Gasteiger partial charge in [0.15, 0.2) is 5.82 Å². The molecule has 28 heavy (non-hydrogen) atoms. The number of amides is 1. The fraction of sp³-hybridized carbons (Fsp3) is 0.0870. The molecule has 5 heteroatoms. The summed E-state index contributed by atoms with van der Waals surface area (Å²) in [7, 11) is 0. The first-order chi connectivity index (χ1) is 13.8. The number of aromatic nitrogens is 3. The zero-order valence-corrected chi connectivity index (χ0v) is 15.3. The van der Waals surface area contributed by atoms with E-state index >= 15 is 0 Å². The molecule has 0 bridgehead atoms. The van der Waals surface area contributed by atoms with E-state index in [-0.39, 0.29) is 5.91 Å². The quantitative estimate of drug-likeness (QED) is 0.557. The number of hydrogen-bond acceptors (Lipinski definition) is 3. The Morgan fingerprint density at radius 3 is 2.07 bits per heavy atom. The highest BCUT2D eigenvalue weighted by Gasteiger charge is 2.23. The molecule has 0 saturated carbocycles. The second-order valence-corrected chi connectivity index (χ2v) is 6.50. The first-order valence-electron chi connectivity index (χ1n) is 9.13. The van der Waals surface area contributed by atoms with Crippen LogP contribution in [0.25, 0.3) is 0 Å². The van der Waals surface area contributed by atoms with Crippen molar-refractivity contribution in [1.82, 2.24) is 14.8 Å². The van der Waals surface area contributed by atoms with Crippen LogP contribution in [0.1, 0.15) is 22.6 Å². The highest BCUT2D eigenvalue weighted by Crippen LogP contribution is 2.26. The van der Waals surface area contributed by atoms with Gasteiger partial charge in [0.1, 0.15) is 0 Å². The molecule has 1 amide bonds. The van der Waals surface area contributed by atoms with E-state index in [1.807, 2.05) is 85.1 Å². The number of benzene rings is 2. The summed E-state index contributed by atoms with van der Waals surface area (Å²) in [6.45, 7) is 0.624. The molecule has 5 nitrogen and oxygen atoms in total. The van der Waals surface area contributed by atoms with Crippen molar-refractivity contribution in [2.24, 2.45) is 0 Å². The van der Waals surface area contributed by atoms with E-state index in [9.17, 15) is 4.79 Å². The number of nitrogens with zero attached hydrogens (tertiary/aromatic N) is 3. The molecule has 0 aliphatic rings. The van der Waals surface area contributed by atoms with Gasteiger partial charge in [0.25, 0.3) is 0 Å². The molecule has 2 aromatic carbocycles. The minimum atomic E-state index is -0.396. The molecule has 138 valence electrons. The Hall–Kier alpha value is -3.73. The molecule has 4 aromatic rings. The molecule has 0 saturated heterocycles. The van der Waals surface area contributed by atoms with Gasteiger partial charge in [-0.3, -0.25) is 14.5 Å². The first kappa shape index (κ1) is 17.7. The Bertz CT molecular complexity index is 990. The van der Waals surface area contributed by atoms with E-state index in [1.54, 1.807) is 17.1 Å². The van der Waals surface area contributed by atoms with Gasteiger partial charge in [-0.1, -0.05) is 60.7 Å². The largest absolute Gasteiger partial charge is 0.308 e. The number of pyridine rings is 1. The van der Waals surface area contributed by atoms with Crippen molar-refractivity contribution in [1.29, 1.82) is 0 Å². The number of hydrogen-bond donors (Lipinski definition) is 1. The Labute approximate surface area is 163 Å². The normalized spacial score (nSPS) is 10.8. The number of rotatable bonds is 6. The van der Waals surface area contributed by atoms with E-state index in [1.165, 1.54) is 0 Å². The highest BCUT2D eigenvalue weighted by atomic mass is 16.2. The van der Waals surface area contributed by atoms with Crippen LogP contribution in [0.15, 0.2) is 97.5 Å². The first-order valence-corrected chi connectivity index (χ1v) is 9.13. The number of carbonyl (C=O) groups excluding carboxylic acids is 1. The fourth-order valence-corrected chi connectivity index (χ4v) is 3.18. The summed E-state index contributed by atoms with van der Waals surface area (Å²) in [5, 5.41) is 7.44. The monoisotopic (exact) mass is 368 g/mol. The molecule has 0 aliphatic heterocycles. The van der Waals surface area contributed by atoms with E-state index in [0.29, 0.717) is 12.4 Å². The van der Waals surface area contributed by atoms with Crippen LogP contribution in [0.5, 0.6) is 0 Å². The third-order valence-corrected chi connectivity index (χ3v) is 4.51. The van der Waals surface area contributed by atoms with E-state index in [4.69, 9.17) is 0 Å². The molecule has 0 fully saturated rings. The second kappa shape index (κ2) is 8.31. The van der Waals surface area contributed by atoms with Crippen molar-refractivity contribution in [3.63, 3.8) is 0 Å². The number of nitrogens with one attached hydrogen (secondary N) is 1. The topological polar surface area (TPSA) is 59.8 Å². The van der Waals surface area contributed by atoms with Crippen molar-refractivity contribution < 1.29 is 4.79 Å². The summed E-state index contributed by atoms with van der Waals surface area (Å²) in [6, 6.07) is 25.3. The summed E-state index contributed by atoms with van der Waals surface area (Å²) in [6.07, 6.45) is 5.37. The molecule has 0 atom stereocenters. The van der Waals surface area contributed by atoms with E-state index in [2.05, 4.69) is 15.4 Å². The summed E-state index contributed by atoms with van der Waals surface area (Å²) in [5.41, 5.74) is 2.99. The van der Waals surface area contributed by atoms with Gasteiger partial charge in [0, 0.05) is 24.7 Å². The van der Waals surface area contributed by atoms with Crippen LogP contribution in [0.3, 0.4) is 0 Å². The zero-order valence-electron chi connectivity index (χ0n) is 15.3. The van der Waals surface area contributed by atoms with Gasteiger partial charge in [-0.05, 0) is 28.8 Å². The third-order valence-electron chi connectivity index (χ3n) is 4.51. The summed E-state index contributed by atoms with van der Waals surface area (Å²) in [4.78, 5) is 17.1. The van der Waals surface area contributed by atoms with E-state index < -0.39 is 5.92 Å². The minimum Gasteiger partial charge on any atom is -0.308 e. The van der Waals surface area contributed by atoms with Crippen molar-refractivity contribution >= 4 is 11.7 Å². The summed E-state index contributed by atoms with van der Waals surface area (Å²) < 4.78 is 1.80. The van der Waals surface area contributed by atoms with Crippen molar-refractivity contribution in [2.75, 3.05) is 5.32 Å². The predicted molar refractivity (Wildman–Crippen MR) is 109 cm³/mol. The van der Waals surface area contributed by atoms with Gasteiger partial charge in [-0.15, -0.1) is 0 Å². The van der Waals surface area contributed by atoms with Gasteiger partial charge in [0.05, 0.1) is 12.5 Å². The smallest absolute Gasteiger partial charge is 0.237 e.